The summed E-state index contributed by atoms with van der Waals surface area (Å²) in [5, 5.41) is 12.2. The average molecular weight is 612 g/mol. The Morgan fingerprint density at radius 3 is 1.81 bits per heavy atom. The van der Waals surface area contributed by atoms with Gasteiger partial charge in [-0.05, 0) is 92.0 Å². The molecule has 10 rings (SSSR count). The van der Waals surface area contributed by atoms with Crippen molar-refractivity contribution in [3.63, 3.8) is 0 Å². The van der Waals surface area contributed by atoms with Crippen LogP contribution in [0.2, 0.25) is 0 Å². The highest BCUT2D eigenvalue weighted by molar-refractivity contribution is 6.24. The molecule has 0 atom stereocenters. The van der Waals surface area contributed by atoms with Gasteiger partial charge in [-0.15, -0.1) is 0 Å². The molecular formula is C46H29NO. The van der Waals surface area contributed by atoms with Crippen LogP contribution in [0.1, 0.15) is 0 Å². The molecule has 0 spiro atoms. The summed E-state index contributed by atoms with van der Waals surface area (Å²) >= 11 is 0. The summed E-state index contributed by atoms with van der Waals surface area (Å²) in [5.74, 6) is 0. The number of anilines is 3. The predicted molar refractivity (Wildman–Crippen MR) is 204 cm³/mol. The van der Waals surface area contributed by atoms with Crippen LogP contribution in [0.3, 0.4) is 0 Å². The van der Waals surface area contributed by atoms with Crippen molar-refractivity contribution in [2.45, 2.75) is 0 Å². The molecule has 2 nitrogen and oxygen atoms in total. The molecule has 48 heavy (non-hydrogen) atoms. The summed E-state index contributed by atoms with van der Waals surface area (Å²) in [5.41, 5.74) is 7.58. The highest BCUT2D eigenvalue weighted by Gasteiger charge is 2.19. The first-order valence-corrected chi connectivity index (χ1v) is 16.4. The van der Waals surface area contributed by atoms with Crippen molar-refractivity contribution in [3.8, 4) is 11.1 Å². The molecule has 9 aromatic carbocycles. The predicted octanol–water partition coefficient (Wildman–Crippen LogP) is 13.3. The molecule has 224 valence electrons. The third kappa shape index (κ3) is 4.06. The van der Waals surface area contributed by atoms with E-state index in [0.717, 1.165) is 49.8 Å². The van der Waals surface area contributed by atoms with E-state index in [1.54, 1.807) is 0 Å². The van der Waals surface area contributed by atoms with Crippen LogP contribution >= 0.6 is 0 Å². The zero-order valence-corrected chi connectivity index (χ0v) is 26.1. The maximum atomic E-state index is 6.45. The Kier molecular flexibility index (Phi) is 5.91. The summed E-state index contributed by atoms with van der Waals surface area (Å²) in [4.78, 5) is 2.35. The maximum Gasteiger partial charge on any atom is 0.143 e. The summed E-state index contributed by atoms with van der Waals surface area (Å²) in [7, 11) is 0. The van der Waals surface area contributed by atoms with Gasteiger partial charge in [0.2, 0.25) is 0 Å². The molecule has 10 aromatic rings. The molecule has 0 aliphatic heterocycles. The maximum absolute atomic E-state index is 6.45. The van der Waals surface area contributed by atoms with Crippen molar-refractivity contribution >= 4 is 82.1 Å². The van der Waals surface area contributed by atoms with Crippen LogP contribution < -0.4 is 4.90 Å². The summed E-state index contributed by atoms with van der Waals surface area (Å²) in [6.07, 6.45) is 0. The third-order valence-corrected chi connectivity index (χ3v) is 9.82. The molecule has 0 amide bonds. The molecular weight excluding hydrogens is 583 g/mol. The number of rotatable bonds is 4. The minimum atomic E-state index is 0.912. The number of furan rings is 1. The number of para-hydroxylation sites is 2. The van der Waals surface area contributed by atoms with Gasteiger partial charge >= 0.3 is 0 Å². The molecule has 0 saturated heterocycles. The van der Waals surface area contributed by atoms with E-state index in [-0.39, 0.29) is 0 Å². The van der Waals surface area contributed by atoms with Crippen LogP contribution in [-0.4, -0.2) is 0 Å². The first-order valence-electron chi connectivity index (χ1n) is 16.4. The number of benzene rings is 9. The Morgan fingerprint density at radius 1 is 0.375 bits per heavy atom. The second-order valence-electron chi connectivity index (χ2n) is 12.5. The highest BCUT2D eigenvalue weighted by atomic mass is 16.3. The van der Waals surface area contributed by atoms with E-state index in [9.17, 15) is 0 Å². The molecule has 0 saturated carbocycles. The van der Waals surface area contributed by atoms with E-state index in [2.05, 4.69) is 169 Å². The molecule has 0 N–H and O–H groups in total. The first-order chi connectivity index (χ1) is 23.8. The van der Waals surface area contributed by atoms with Crippen LogP contribution in [0.25, 0.3) is 76.2 Å². The molecule has 2 heteroatoms. The van der Waals surface area contributed by atoms with Gasteiger partial charge in [-0.3, -0.25) is 0 Å². The zero-order chi connectivity index (χ0) is 31.6. The second-order valence-corrected chi connectivity index (χ2v) is 12.5. The molecule has 0 aliphatic rings. The van der Waals surface area contributed by atoms with Gasteiger partial charge in [-0.2, -0.15) is 0 Å². The lowest BCUT2D eigenvalue weighted by atomic mass is 9.90. The van der Waals surface area contributed by atoms with Gasteiger partial charge in [0.1, 0.15) is 11.2 Å². The minimum Gasteiger partial charge on any atom is -0.455 e. The van der Waals surface area contributed by atoms with E-state index in [0.29, 0.717) is 0 Å². The topological polar surface area (TPSA) is 16.4 Å². The van der Waals surface area contributed by atoms with Crippen molar-refractivity contribution in [2.75, 3.05) is 4.90 Å². The Balaban J connectivity index is 1.16. The molecule has 0 radical (unpaired) electrons. The normalized spacial score (nSPS) is 11.8. The van der Waals surface area contributed by atoms with Crippen molar-refractivity contribution in [1.29, 1.82) is 0 Å². The van der Waals surface area contributed by atoms with Crippen LogP contribution in [-0.2, 0) is 0 Å². The van der Waals surface area contributed by atoms with Gasteiger partial charge in [0.15, 0.2) is 0 Å². The quantitative estimate of drug-likeness (QED) is 0.184. The van der Waals surface area contributed by atoms with Gasteiger partial charge in [0, 0.05) is 32.9 Å². The SMILES string of the molecule is c1ccc(N(c2ccc(-c3cc4ccccc4c4c3ccc3ccccc34)cc2)c2cccc3c2ccc2c4ccccc4oc32)cc1. The monoisotopic (exact) mass is 611 g/mol. The van der Waals surface area contributed by atoms with Crippen LogP contribution in [0.5, 0.6) is 0 Å². The van der Waals surface area contributed by atoms with E-state index >= 15 is 0 Å². The number of nitrogens with zero attached hydrogens (tertiary/aromatic N) is 1. The van der Waals surface area contributed by atoms with Gasteiger partial charge < -0.3 is 9.32 Å². The fourth-order valence-electron chi connectivity index (χ4n) is 7.62. The molecule has 1 heterocycles. The van der Waals surface area contributed by atoms with Crippen molar-refractivity contribution < 1.29 is 4.42 Å². The van der Waals surface area contributed by atoms with E-state index in [4.69, 9.17) is 4.42 Å². The Morgan fingerprint density at radius 2 is 0.979 bits per heavy atom. The highest BCUT2D eigenvalue weighted by Crippen LogP contribution is 2.44. The van der Waals surface area contributed by atoms with E-state index < -0.39 is 0 Å². The summed E-state index contributed by atoms with van der Waals surface area (Å²) in [6, 6.07) is 63.3. The molecule has 1 aromatic heterocycles. The largest absolute Gasteiger partial charge is 0.455 e. The molecule has 0 unspecified atom stereocenters. The van der Waals surface area contributed by atoms with Gasteiger partial charge in [-0.1, -0.05) is 127 Å². The van der Waals surface area contributed by atoms with Crippen molar-refractivity contribution in [3.05, 3.63) is 176 Å². The van der Waals surface area contributed by atoms with Gasteiger partial charge in [-0.25, -0.2) is 0 Å². The smallest absolute Gasteiger partial charge is 0.143 e. The lowest BCUT2D eigenvalue weighted by molar-refractivity contribution is 0.672. The molecule has 0 bridgehead atoms. The Bertz CT molecular complexity index is 2810. The first kappa shape index (κ1) is 26.8. The van der Waals surface area contributed by atoms with Gasteiger partial charge in [0.25, 0.3) is 0 Å². The number of fused-ring (bicyclic) bond motifs is 10. The standard InChI is InChI=1S/C46H29NO/c1-2-13-33(14-3-1)47(43-19-10-18-40-37(43)27-28-41-38-17-8-9-20-44(38)48-46(40)41)34-24-21-31(22-25-34)42-29-32-12-5-7-16-36(32)45-35-15-6-4-11-30(35)23-26-39(42)45/h1-29H. The third-order valence-electron chi connectivity index (χ3n) is 9.82. The van der Waals surface area contributed by atoms with E-state index in [1.165, 1.54) is 43.4 Å². The van der Waals surface area contributed by atoms with Crippen molar-refractivity contribution in [2.24, 2.45) is 0 Å². The fourth-order valence-corrected chi connectivity index (χ4v) is 7.62. The molecule has 0 fully saturated rings. The van der Waals surface area contributed by atoms with Crippen LogP contribution in [0, 0.1) is 0 Å². The van der Waals surface area contributed by atoms with E-state index in [1.807, 2.05) is 12.1 Å². The van der Waals surface area contributed by atoms with Crippen molar-refractivity contribution in [1.82, 2.24) is 0 Å². The van der Waals surface area contributed by atoms with Crippen LogP contribution in [0.15, 0.2) is 180 Å². The fraction of sp³-hybridized carbons (Fsp3) is 0. The lowest BCUT2D eigenvalue weighted by Crippen LogP contribution is -2.10. The minimum absolute atomic E-state index is 0.912. The number of hydrogen-bond acceptors (Lipinski definition) is 2. The lowest BCUT2D eigenvalue weighted by Gasteiger charge is -2.27. The van der Waals surface area contributed by atoms with Crippen LogP contribution in [0.4, 0.5) is 17.1 Å². The second kappa shape index (κ2) is 10.6. The summed E-state index contributed by atoms with van der Waals surface area (Å²) < 4.78 is 6.45. The average Bonchev–Trinajstić information content (AvgIpc) is 3.55. The Labute approximate surface area is 277 Å². The molecule has 0 aliphatic carbocycles. The number of hydrogen-bond donors (Lipinski definition) is 0. The Hall–Kier alpha value is -6.38. The zero-order valence-electron chi connectivity index (χ0n) is 26.1. The van der Waals surface area contributed by atoms with Gasteiger partial charge in [0.05, 0.1) is 5.69 Å². The summed E-state index contributed by atoms with van der Waals surface area (Å²) in [6.45, 7) is 0.